The van der Waals surface area contributed by atoms with Crippen LogP contribution in [0.4, 0.5) is 0 Å². The number of H-pyrrole nitrogens is 1. The Morgan fingerprint density at radius 1 is 1.06 bits per heavy atom. The minimum absolute atomic E-state index is 0.0535. The van der Waals surface area contributed by atoms with Crippen molar-refractivity contribution in [3.05, 3.63) is 70.3 Å². The van der Waals surface area contributed by atoms with Gasteiger partial charge in [-0.3, -0.25) is 9.89 Å². The Kier molecular flexibility index (Phi) is 2.26. The van der Waals surface area contributed by atoms with E-state index >= 15 is 0 Å². The molecule has 4 heteroatoms. The Balaban J connectivity index is 2.10. The van der Waals surface area contributed by atoms with E-state index in [9.17, 15) is 4.79 Å². The molecule has 2 aromatic heterocycles. The van der Waals surface area contributed by atoms with Gasteiger partial charge in [0.15, 0.2) is 0 Å². The highest BCUT2D eigenvalue weighted by atomic mass is 16.1. The second kappa shape index (κ2) is 3.90. The molecule has 1 N–H and O–H groups in total. The van der Waals surface area contributed by atoms with Crippen LogP contribution >= 0.6 is 0 Å². The van der Waals surface area contributed by atoms with E-state index in [2.05, 4.69) is 10.2 Å². The van der Waals surface area contributed by atoms with E-state index in [1.165, 1.54) is 6.07 Å². The van der Waals surface area contributed by atoms with Gasteiger partial charge in [0.2, 0.25) is 0 Å². The van der Waals surface area contributed by atoms with Gasteiger partial charge in [-0.15, -0.1) is 0 Å². The van der Waals surface area contributed by atoms with E-state index in [-0.39, 0.29) is 5.56 Å². The number of benzene rings is 1. The molecule has 0 radical (unpaired) electrons. The van der Waals surface area contributed by atoms with E-state index in [1.54, 1.807) is 10.5 Å². The Morgan fingerprint density at radius 2 is 1.88 bits per heavy atom. The zero-order chi connectivity index (χ0) is 11.7. The number of pyridine rings is 1. The van der Waals surface area contributed by atoms with Crippen LogP contribution in [0.3, 0.4) is 0 Å². The van der Waals surface area contributed by atoms with Crippen LogP contribution in [-0.2, 0) is 6.42 Å². The third kappa shape index (κ3) is 1.73. The lowest BCUT2D eigenvalue weighted by Gasteiger charge is -1.99. The largest absolute Gasteiger partial charge is 0.269 e. The molecule has 2 heterocycles. The van der Waals surface area contributed by atoms with Crippen LogP contribution in [0.1, 0.15) is 11.4 Å². The molecule has 3 aromatic rings. The highest BCUT2D eigenvalue weighted by Gasteiger charge is 2.06. The van der Waals surface area contributed by atoms with Gasteiger partial charge in [-0.2, -0.15) is 5.10 Å². The Morgan fingerprint density at radius 3 is 2.71 bits per heavy atom. The van der Waals surface area contributed by atoms with Gasteiger partial charge in [0.05, 0.1) is 0 Å². The van der Waals surface area contributed by atoms with Crippen LogP contribution in [0.2, 0.25) is 0 Å². The van der Waals surface area contributed by atoms with Gasteiger partial charge in [0.1, 0.15) is 11.5 Å². The van der Waals surface area contributed by atoms with Gasteiger partial charge in [-0.25, -0.2) is 4.40 Å². The molecule has 1 aromatic carbocycles. The average Bonchev–Trinajstić information content (AvgIpc) is 2.75. The van der Waals surface area contributed by atoms with Crippen molar-refractivity contribution in [1.29, 1.82) is 0 Å². The van der Waals surface area contributed by atoms with E-state index in [4.69, 9.17) is 0 Å². The van der Waals surface area contributed by atoms with Crippen molar-refractivity contribution in [1.82, 2.24) is 14.6 Å². The fraction of sp³-hybridized carbons (Fsp3) is 0.0769. The van der Waals surface area contributed by atoms with E-state index < -0.39 is 0 Å². The first-order valence-electron chi connectivity index (χ1n) is 5.43. The van der Waals surface area contributed by atoms with E-state index in [0.29, 0.717) is 6.42 Å². The molecular formula is C13H11N3O. The second-order valence-electron chi connectivity index (χ2n) is 3.89. The van der Waals surface area contributed by atoms with Crippen LogP contribution < -0.4 is 5.56 Å². The van der Waals surface area contributed by atoms with Gasteiger partial charge < -0.3 is 0 Å². The van der Waals surface area contributed by atoms with E-state index in [1.807, 2.05) is 36.4 Å². The Hall–Kier alpha value is -2.36. The van der Waals surface area contributed by atoms with Crippen molar-refractivity contribution < 1.29 is 0 Å². The third-order valence-corrected chi connectivity index (χ3v) is 2.72. The van der Waals surface area contributed by atoms with Gasteiger partial charge in [-0.1, -0.05) is 36.4 Å². The van der Waals surface area contributed by atoms with Crippen LogP contribution in [0.25, 0.3) is 5.65 Å². The Labute approximate surface area is 97.5 Å². The molecule has 3 rings (SSSR count). The fourth-order valence-corrected chi connectivity index (χ4v) is 1.91. The monoisotopic (exact) mass is 225 g/mol. The minimum Gasteiger partial charge on any atom is -0.269 e. The molecule has 4 nitrogen and oxygen atoms in total. The predicted octanol–water partition coefficient (Wildman–Crippen LogP) is 1.61. The number of fused-ring (bicyclic) bond motifs is 1. The molecule has 0 aliphatic carbocycles. The van der Waals surface area contributed by atoms with Crippen LogP contribution in [0, 0.1) is 0 Å². The molecular weight excluding hydrogens is 214 g/mol. The standard InChI is InChI=1S/C13H11N3O/c17-13-8-4-7-11-14-15-12(16(11)13)9-10-5-2-1-3-6-10/h1-8,14H,9H2. The summed E-state index contributed by atoms with van der Waals surface area (Å²) in [4.78, 5) is 11.8. The average molecular weight is 225 g/mol. The van der Waals surface area contributed by atoms with Gasteiger partial charge in [0.25, 0.3) is 5.56 Å². The van der Waals surface area contributed by atoms with Crippen molar-refractivity contribution in [2.24, 2.45) is 0 Å². The second-order valence-corrected chi connectivity index (χ2v) is 3.89. The third-order valence-electron chi connectivity index (χ3n) is 2.72. The fourth-order valence-electron chi connectivity index (χ4n) is 1.91. The molecule has 0 spiro atoms. The van der Waals surface area contributed by atoms with Crippen LogP contribution in [-0.4, -0.2) is 14.6 Å². The predicted molar refractivity (Wildman–Crippen MR) is 65.1 cm³/mol. The molecule has 17 heavy (non-hydrogen) atoms. The summed E-state index contributed by atoms with van der Waals surface area (Å²) >= 11 is 0. The first-order valence-corrected chi connectivity index (χ1v) is 5.43. The zero-order valence-electron chi connectivity index (χ0n) is 9.13. The SMILES string of the molecule is O=c1cccc2[nH]nc(Cc3ccccc3)n12. The van der Waals surface area contributed by atoms with Crippen molar-refractivity contribution in [2.75, 3.05) is 0 Å². The maximum Gasteiger partial charge on any atom is 0.257 e. The number of nitrogens with zero attached hydrogens (tertiary/aromatic N) is 2. The normalized spacial score (nSPS) is 10.8. The molecule has 0 fully saturated rings. The lowest BCUT2D eigenvalue weighted by atomic mass is 10.1. The zero-order valence-corrected chi connectivity index (χ0v) is 9.13. The molecule has 0 saturated heterocycles. The molecule has 0 unspecified atom stereocenters. The van der Waals surface area contributed by atoms with Crippen molar-refractivity contribution in [3.8, 4) is 0 Å². The summed E-state index contributed by atoms with van der Waals surface area (Å²) in [7, 11) is 0. The molecule has 0 aliphatic rings. The molecule has 0 amide bonds. The minimum atomic E-state index is -0.0535. The Bertz CT molecular complexity index is 697. The lowest BCUT2D eigenvalue weighted by molar-refractivity contribution is 0.917. The summed E-state index contributed by atoms with van der Waals surface area (Å²) in [5.41, 5.74) is 1.81. The number of rotatable bonds is 2. The molecule has 0 bridgehead atoms. The molecule has 84 valence electrons. The summed E-state index contributed by atoms with van der Waals surface area (Å²) in [6, 6.07) is 15.1. The van der Waals surface area contributed by atoms with Gasteiger partial charge in [-0.05, 0) is 11.6 Å². The summed E-state index contributed by atoms with van der Waals surface area (Å²) in [6.45, 7) is 0. The highest BCUT2D eigenvalue weighted by molar-refractivity contribution is 5.38. The smallest absolute Gasteiger partial charge is 0.257 e. The number of aromatic amines is 1. The molecule has 0 saturated carbocycles. The number of hydrogen-bond acceptors (Lipinski definition) is 2. The van der Waals surface area contributed by atoms with Crippen molar-refractivity contribution in [3.63, 3.8) is 0 Å². The number of nitrogens with one attached hydrogen (secondary N) is 1. The maximum atomic E-state index is 11.8. The number of aromatic nitrogens is 3. The molecule has 0 aliphatic heterocycles. The summed E-state index contributed by atoms with van der Waals surface area (Å²) < 4.78 is 1.60. The first-order chi connectivity index (χ1) is 8.34. The summed E-state index contributed by atoms with van der Waals surface area (Å²) in [5, 5.41) is 7.05. The maximum absolute atomic E-state index is 11.8. The summed E-state index contributed by atoms with van der Waals surface area (Å²) in [5.74, 6) is 0.733. The van der Waals surface area contributed by atoms with Crippen molar-refractivity contribution >= 4 is 5.65 Å². The quantitative estimate of drug-likeness (QED) is 0.720. The molecule has 0 atom stereocenters. The van der Waals surface area contributed by atoms with Crippen molar-refractivity contribution in [2.45, 2.75) is 6.42 Å². The number of hydrogen-bond donors (Lipinski definition) is 1. The first kappa shape index (κ1) is 9.84. The van der Waals surface area contributed by atoms with Gasteiger partial charge in [0, 0.05) is 12.5 Å². The lowest BCUT2D eigenvalue weighted by Crippen LogP contribution is -2.13. The topological polar surface area (TPSA) is 50.2 Å². The van der Waals surface area contributed by atoms with E-state index in [0.717, 1.165) is 17.0 Å². The van der Waals surface area contributed by atoms with Crippen LogP contribution in [0.5, 0.6) is 0 Å². The van der Waals surface area contributed by atoms with Crippen LogP contribution in [0.15, 0.2) is 53.3 Å². The highest BCUT2D eigenvalue weighted by Crippen LogP contribution is 2.07. The van der Waals surface area contributed by atoms with Gasteiger partial charge >= 0.3 is 0 Å². The summed E-state index contributed by atoms with van der Waals surface area (Å²) in [6.07, 6.45) is 0.644.